The van der Waals surface area contributed by atoms with Crippen molar-refractivity contribution < 1.29 is 4.79 Å². The highest BCUT2D eigenvalue weighted by molar-refractivity contribution is 7.12. The first-order valence-electron chi connectivity index (χ1n) is 5.62. The van der Waals surface area contributed by atoms with Gasteiger partial charge in [-0.15, -0.1) is 28.8 Å². The molecule has 104 valence electrons. The van der Waals surface area contributed by atoms with E-state index < -0.39 is 0 Å². The fraction of sp³-hybridized carbons (Fsp3) is 0.400. The van der Waals surface area contributed by atoms with Gasteiger partial charge < -0.3 is 11.1 Å². The zero-order chi connectivity index (χ0) is 12.8. The van der Waals surface area contributed by atoms with E-state index in [9.17, 15) is 4.79 Å². The van der Waals surface area contributed by atoms with Gasteiger partial charge in [-0.25, -0.2) is 0 Å². The molecule has 0 saturated heterocycles. The Morgan fingerprint density at radius 3 is 3.00 bits per heavy atom. The maximum Gasteiger partial charge on any atom is 0.263 e. The second-order valence-corrected chi connectivity index (χ2v) is 4.56. The van der Waals surface area contributed by atoms with Crippen LogP contribution < -0.4 is 11.1 Å². The third-order valence-corrected chi connectivity index (χ3v) is 3.27. The van der Waals surface area contributed by atoms with Crippen molar-refractivity contribution in [1.29, 1.82) is 0 Å². The van der Waals surface area contributed by atoms with E-state index >= 15 is 0 Å². The summed E-state index contributed by atoms with van der Waals surface area (Å²) >= 11 is 1.37. The third-order valence-electron chi connectivity index (χ3n) is 2.36. The maximum absolute atomic E-state index is 12.0. The van der Waals surface area contributed by atoms with Gasteiger partial charge in [-0.3, -0.25) is 4.79 Å². The van der Waals surface area contributed by atoms with Gasteiger partial charge in [0.1, 0.15) is 11.2 Å². The Morgan fingerprint density at radius 1 is 1.47 bits per heavy atom. The number of hydrogen-bond acceptors (Lipinski definition) is 6. The van der Waals surface area contributed by atoms with Crippen LogP contribution in [0.25, 0.3) is 5.69 Å². The monoisotopic (exact) mass is 302 g/mol. The van der Waals surface area contributed by atoms with Crippen molar-refractivity contribution >= 4 is 29.7 Å². The molecule has 0 atom stereocenters. The van der Waals surface area contributed by atoms with Gasteiger partial charge >= 0.3 is 0 Å². The average Bonchev–Trinajstić information content (AvgIpc) is 3.02. The molecule has 1 amide bonds. The first-order chi connectivity index (χ1) is 8.83. The number of unbranched alkanes of at least 4 members (excludes halogenated alkanes) is 1. The summed E-state index contributed by atoms with van der Waals surface area (Å²) < 4.78 is 1.48. The highest BCUT2D eigenvalue weighted by Gasteiger charge is 2.14. The predicted octanol–water partition coefficient (Wildman–Crippen LogP) is 0.614. The first-order valence-corrected chi connectivity index (χ1v) is 6.50. The number of nitrogens with zero attached hydrogens (tertiary/aromatic N) is 4. The Hall–Kier alpha value is -1.51. The van der Waals surface area contributed by atoms with Crippen LogP contribution in [0.3, 0.4) is 0 Å². The van der Waals surface area contributed by atoms with Crippen molar-refractivity contribution in [2.24, 2.45) is 5.73 Å². The molecule has 0 aliphatic heterocycles. The number of halogens is 1. The lowest BCUT2D eigenvalue weighted by Crippen LogP contribution is -2.25. The molecule has 0 bridgehead atoms. The van der Waals surface area contributed by atoms with Crippen LogP contribution in [-0.4, -0.2) is 39.2 Å². The Labute approximate surface area is 120 Å². The summed E-state index contributed by atoms with van der Waals surface area (Å²) in [5.74, 6) is -0.104. The summed E-state index contributed by atoms with van der Waals surface area (Å²) in [5.41, 5.74) is 6.09. The van der Waals surface area contributed by atoms with Gasteiger partial charge in [-0.1, -0.05) is 0 Å². The minimum Gasteiger partial charge on any atom is -0.351 e. The molecule has 19 heavy (non-hydrogen) atoms. The van der Waals surface area contributed by atoms with E-state index in [0.717, 1.165) is 12.8 Å². The van der Waals surface area contributed by atoms with E-state index in [-0.39, 0.29) is 18.3 Å². The Kier molecular flexibility index (Phi) is 6.40. The van der Waals surface area contributed by atoms with Gasteiger partial charge in [-0.2, -0.15) is 4.68 Å². The van der Waals surface area contributed by atoms with Crippen LogP contribution in [0.5, 0.6) is 0 Å². The SMILES string of the molecule is Cl.NCCCCNC(=O)c1sccc1-n1cnnn1. The largest absolute Gasteiger partial charge is 0.351 e. The van der Waals surface area contributed by atoms with E-state index in [2.05, 4.69) is 20.8 Å². The predicted molar refractivity (Wildman–Crippen MR) is 74.9 cm³/mol. The molecule has 9 heteroatoms. The van der Waals surface area contributed by atoms with Gasteiger partial charge in [0.05, 0.1) is 5.69 Å². The molecule has 0 aliphatic rings. The molecule has 0 saturated carbocycles. The molecule has 0 radical (unpaired) electrons. The lowest BCUT2D eigenvalue weighted by atomic mass is 10.3. The van der Waals surface area contributed by atoms with Crippen LogP contribution >= 0.6 is 23.7 Å². The number of nitrogens with two attached hydrogens (primary N) is 1. The minimum atomic E-state index is -0.104. The zero-order valence-corrected chi connectivity index (χ0v) is 11.8. The molecule has 0 unspecified atom stereocenters. The molecule has 2 aromatic heterocycles. The van der Waals surface area contributed by atoms with Gasteiger partial charge in [0.2, 0.25) is 0 Å². The average molecular weight is 303 g/mol. The molecule has 2 aromatic rings. The molecule has 7 nitrogen and oxygen atoms in total. The van der Waals surface area contributed by atoms with Gasteiger partial charge in [-0.05, 0) is 41.3 Å². The van der Waals surface area contributed by atoms with E-state index in [1.165, 1.54) is 22.3 Å². The second kappa shape index (κ2) is 7.82. The number of carbonyl (C=O) groups excluding carboxylic acids is 1. The van der Waals surface area contributed by atoms with Crippen molar-refractivity contribution in [3.05, 3.63) is 22.7 Å². The van der Waals surface area contributed by atoms with E-state index in [4.69, 9.17) is 5.73 Å². The van der Waals surface area contributed by atoms with Crippen molar-refractivity contribution in [2.75, 3.05) is 13.1 Å². The molecule has 3 N–H and O–H groups in total. The van der Waals surface area contributed by atoms with Crippen LogP contribution in [0.1, 0.15) is 22.5 Å². The Bertz CT molecular complexity index is 500. The zero-order valence-electron chi connectivity index (χ0n) is 10.2. The standard InChI is InChI=1S/C10H14N6OS.ClH/c11-4-1-2-5-12-10(17)9-8(3-6-18-9)16-7-13-14-15-16;/h3,6-7H,1-2,4-5,11H2,(H,12,17);1H. The third kappa shape index (κ3) is 3.98. The van der Waals surface area contributed by atoms with Crippen molar-refractivity contribution in [1.82, 2.24) is 25.5 Å². The lowest BCUT2D eigenvalue weighted by Gasteiger charge is -2.04. The summed E-state index contributed by atoms with van der Waals surface area (Å²) in [6, 6.07) is 1.82. The summed E-state index contributed by atoms with van der Waals surface area (Å²) in [6.45, 7) is 1.27. The van der Waals surface area contributed by atoms with Gasteiger partial charge in [0, 0.05) is 6.54 Å². The number of tetrazole rings is 1. The molecule has 2 heterocycles. The number of amides is 1. The van der Waals surface area contributed by atoms with Crippen molar-refractivity contribution in [2.45, 2.75) is 12.8 Å². The van der Waals surface area contributed by atoms with Crippen LogP contribution in [0.15, 0.2) is 17.8 Å². The van der Waals surface area contributed by atoms with Gasteiger partial charge in [0.25, 0.3) is 5.91 Å². The number of nitrogens with one attached hydrogen (secondary N) is 1. The van der Waals surface area contributed by atoms with Crippen LogP contribution in [0.4, 0.5) is 0 Å². The van der Waals surface area contributed by atoms with Crippen molar-refractivity contribution in [3.8, 4) is 5.69 Å². The van der Waals surface area contributed by atoms with E-state index in [0.29, 0.717) is 23.7 Å². The minimum absolute atomic E-state index is 0. The summed E-state index contributed by atoms with van der Waals surface area (Å²) in [7, 11) is 0. The topological polar surface area (TPSA) is 98.7 Å². The fourth-order valence-electron chi connectivity index (χ4n) is 1.48. The number of rotatable bonds is 6. The lowest BCUT2D eigenvalue weighted by molar-refractivity contribution is 0.0957. The summed E-state index contributed by atoms with van der Waals surface area (Å²) in [6.07, 6.45) is 3.26. The molecule has 0 aromatic carbocycles. The quantitative estimate of drug-likeness (QED) is 0.762. The molecule has 0 fully saturated rings. The highest BCUT2D eigenvalue weighted by Crippen LogP contribution is 2.19. The number of aromatic nitrogens is 4. The summed E-state index contributed by atoms with van der Waals surface area (Å²) in [4.78, 5) is 12.6. The normalized spacial score (nSPS) is 9.95. The fourth-order valence-corrected chi connectivity index (χ4v) is 2.27. The van der Waals surface area contributed by atoms with Gasteiger partial charge in [0.15, 0.2) is 0 Å². The van der Waals surface area contributed by atoms with Crippen molar-refractivity contribution in [3.63, 3.8) is 0 Å². The molecule has 0 spiro atoms. The smallest absolute Gasteiger partial charge is 0.263 e. The molecular weight excluding hydrogens is 288 g/mol. The van der Waals surface area contributed by atoms with Crippen LogP contribution in [0, 0.1) is 0 Å². The van der Waals surface area contributed by atoms with Crippen LogP contribution in [-0.2, 0) is 0 Å². The summed E-state index contributed by atoms with van der Waals surface area (Å²) in [5, 5.41) is 15.6. The number of thiophene rings is 1. The first kappa shape index (κ1) is 15.5. The maximum atomic E-state index is 12.0. The number of hydrogen-bond donors (Lipinski definition) is 2. The van der Waals surface area contributed by atoms with Crippen LogP contribution in [0.2, 0.25) is 0 Å². The highest BCUT2D eigenvalue weighted by atomic mass is 35.5. The Morgan fingerprint density at radius 2 is 2.32 bits per heavy atom. The molecular formula is C10H15ClN6OS. The number of carbonyl (C=O) groups is 1. The Balaban J connectivity index is 0.00000180. The second-order valence-electron chi connectivity index (χ2n) is 3.64. The van der Waals surface area contributed by atoms with E-state index in [1.54, 1.807) is 0 Å². The molecule has 2 rings (SSSR count). The molecule has 0 aliphatic carbocycles. The van der Waals surface area contributed by atoms with E-state index in [1.807, 2.05) is 11.4 Å².